The minimum Gasteiger partial charge on any atom is -0.479 e. The molecule has 0 bridgehead atoms. The number of aliphatic carboxylic acids is 1. The third-order valence-electron chi connectivity index (χ3n) is 7.72. The monoisotopic (exact) mass is 513 g/mol. The normalized spacial score (nSPS) is 23.6. The first-order valence-electron chi connectivity index (χ1n) is 12.4. The predicted octanol–water partition coefficient (Wildman–Crippen LogP) is 3.80. The van der Waals surface area contributed by atoms with E-state index in [-0.39, 0.29) is 12.1 Å². The Morgan fingerprint density at radius 3 is 2.58 bits per heavy atom. The number of piperidine rings is 1. The first kappa shape index (κ1) is 26.5. The van der Waals surface area contributed by atoms with Gasteiger partial charge in [0.25, 0.3) is 0 Å². The summed E-state index contributed by atoms with van der Waals surface area (Å²) in [5.41, 5.74) is 3.08. The van der Waals surface area contributed by atoms with Gasteiger partial charge in [-0.3, -0.25) is 4.90 Å². The Kier molecular flexibility index (Phi) is 7.70. The van der Waals surface area contributed by atoms with Gasteiger partial charge >= 0.3 is 18.2 Å². The second-order valence-electron chi connectivity index (χ2n) is 10.1. The van der Waals surface area contributed by atoms with E-state index in [1.165, 1.54) is 4.90 Å². The summed E-state index contributed by atoms with van der Waals surface area (Å²) in [6, 6.07) is 6.23. The van der Waals surface area contributed by atoms with E-state index < -0.39 is 30.4 Å². The Morgan fingerprint density at radius 2 is 1.92 bits per heavy atom. The topological polar surface area (TPSA) is 82.5 Å². The van der Waals surface area contributed by atoms with Crippen LogP contribution in [0.2, 0.25) is 0 Å². The number of halogens is 3. The molecule has 0 saturated carbocycles. The lowest BCUT2D eigenvalue weighted by molar-refractivity contribution is -0.200. The number of amides is 1. The van der Waals surface area contributed by atoms with Gasteiger partial charge in [-0.25, -0.2) is 9.59 Å². The Morgan fingerprint density at radius 1 is 1.19 bits per heavy atom. The summed E-state index contributed by atoms with van der Waals surface area (Å²) in [6.07, 6.45) is -5.18. The Labute approximate surface area is 208 Å². The van der Waals surface area contributed by atoms with Crippen LogP contribution in [0.1, 0.15) is 43.7 Å². The summed E-state index contributed by atoms with van der Waals surface area (Å²) in [6.45, 7) is 6.36. The minimum atomic E-state index is -4.58. The van der Waals surface area contributed by atoms with Crippen molar-refractivity contribution in [3.05, 3.63) is 29.3 Å². The fourth-order valence-electron chi connectivity index (χ4n) is 5.53. The van der Waals surface area contributed by atoms with E-state index in [0.717, 1.165) is 43.1 Å². The van der Waals surface area contributed by atoms with Crippen molar-refractivity contribution in [3.8, 4) is 0 Å². The molecule has 0 aliphatic carbocycles. The van der Waals surface area contributed by atoms with Crippen LogP contribution in [0.15, 0.2) is 18.2 Å². The summed E-state index contributed by atoms with van der Waals surface area (Å²) >= 11 is 0. The van der Waals surface area contributed by atoms with E-state index in [9.17, 15) is 27.9 Å². The average Bonchev–Trinajstić information content (AvgIpc) is 3.21. The molecule has 1 aromatic rings. The second-order valence-corrected chi connectivity index (χ2v) is 10.1. The van der Waals surface area contributed by atoms with Gasteiger partial charge < -0.3 is 24.4 Å². The highest BCUT2D eigenvalue weighted by Gasteiger charge is 2.45. The quantitative estimate of drug-likeness (QED) is 0.641. The molecule has 1 aromatic carbocycles. The number of hydrogen-bond acceptors (Lipinski definition) is 6. The highest BCUT2D eigenvalue weighted by atomic mass is 19.4. The fourth-order valence-corrected chi connectivity index (χ4v) is 5.53. The number of carbonyl (C=O) groups excluding carboxylic acids is 1. The molecule has 0 radical (unpaired) electrons. The third-order valence-corrected chi connectivity index (χ3v) is 7.72. The first-order valence-corrected chi connectivity index (χ1v) is 12.4. The smallest absolute Gasteiger partial charge is 0.425 e. The van der Waals surface area contributed by atoms with E-state index in [0.29, 0.717) is 45.6 Å². The highest BCUT2D eigenvalue weighted by Crippen LogP contribution is 2.41. The SMILES string of the molecule is Cc1ccc(CN2CCCC23CCN(C(=O)OC(C)C(F)(F)F)CC3)c(N2CCOC(C(=O)O)C2)c1. The van der Waals surface area contributed by atoms with Gasteiger partial charge in [-0.1, -0.05) is 12.1 Å². The summed E-state index contributed by atoms with van der Waals surface area (Å²) in [5.74, 6) is -0.970. The van der Waals surface area contributed by atoms with E-state index in [2.05, 4.69) is 32.7 Å². The largest absolute Gasteiger partial charge is 0.479 e. The Hall–Kier alpha value is -2.53. The van der Waals surface area contributed by atoms with Gasteiger partial charge in [-0.15, -0.1) is 0 Å². The zero-order valence-electron chi connectivity index (χ0n) is 20.7. The number of aryl methyl sites for hydroxylation is 1. The standard InChI is InChI=1S/C25H34F3N3O5/c1-17-4-5-19(20(14-17)30-12-13-35-21(16-30)22(32)33)15-31-9-3-6-24(31)7-10-29(11-8-24)23(34)36-18(2)25(26,27)28/h4-5,14,18,21H,3,6-13,15-16H2,1-2H3,(H,32,33). The van der Waals surface area contributed by atoms with Crippen molar-refractivity contribution in [2.75, 3.05) is 44.2 Å². The number of alkyl halides is 3. The molecule has 3 fully saturated rings. The van der Waals surface area contributed by atoms with Gasteiger partial charge in [-0.05, 0) is 63.3 Å². The first-order chi connectivity index (χ1) is 17.0. The number of likely N-dealkylation sites (tertiary alicyclic amines) is 2. The number of hydrogen-bond donors (Lipinski definition) is 1. The molecule has 1 amide bonds. The minimum absolute atomic E-state index is 0.122. The molecule has 2 atom stereocenters. The molecular formula is C25H34F3N3O5. The van der Waals surface area contributed by atoms with Crippen molar-refractivity contribution in [2.24, 2.45) is 0 Å². The molecule has 1 spiro atoms. The summed E-state index contributed by atoms with van der Waals surface area (Å²) < 4.78 is 48.4. The molecular weight excluding hydrogens is 479 g/mol. The third kappa shape index (κ3) is 5.72. The average molecular weight is 514 g/mol. The van der Waals surface area contributed by atoms with Gasteiger partial charge in [0, 0.05) is 37.4 Å². The van der Waals surface area contributed by atoms with Crippen molar-refractivity contribution in [2.45, 2.75) is 70.0 Å². The number of morpholine rings is 1. The number of benzene rings is 1. The van der Waals surface area contributed by atoms with E-state index in [1.807, 2.05) is 6.92 Å². The van der Waals surface area contributed by atoms with Crippen molar-refractivity contribution in [1.29, 1.82) is 0 Å². The number of ether oxygens (including phenoxy) is 2. The maximum absolute atomic E-state index is 12.8. The van der Waals surface area contributed by atoms with E-state index >= 15 is 0 Å². The molecule has 4 rings (SSSR count). The summed E-state index contributed by atoms with van der Waals surface area (Å²) in [7, 11) is 0. The van der Waals surface area contributed by atoms with Crippen molar-refractivity contribution in [3.63, 3.8) is 0 Å². The van der Waals surface area contributed by atoms with Gasteiger partial charge in [0.2, 0.25) is 0 Å². The fraction of sp³-hybridized carbons (Fsp3) is 0.680. The Bertz CT molecular complexity index is 965. The number of carboxylic acid groups (broad SMARTS) is 1. The number of anilines is 1. The van der Waals surface area contributed by atoms with Crippen LogP contribution in [0.25, 0.3) is 0 Å². The van der Waals surface area contributed by atoms with Gasteiger partial charge in [0.1, 0.15) is 0 Å². The molecule has 3 saturated heterocycles. The predicted molar refractivity (Wildman–Crippen MR) is 126 cm³/mol. The number of carboxylic acids is 1. The maximum atomic E-state index is 12.8. The van der Waals surface area contributed by atoms with Crippen LogP contribution >= 0.6 is 0 Å². The zero-order valence-corrected chi connectivity index (χ0v) is 20.7. The van der Waals surface area contributed by atoms with Crippen molar-refractivity contribution >= 4 is 17.7 Å². The summed E-state index contributed by atoms with van der Waals surface area (Å²) in [5, 5.41) is 9.42. The van der Waals surface area contributed by atoms with E-state index in [1.54, 1.807) is 0 Å². The lowest BCUT2D eigenvalue weighted by atomic mass is 9.84. The van der Waals surface area contributed by atoms with Crippen LogP contribution in [0.3, 0.4) is 0 Å². The molecule has 200 valence electrons. The van der Waals surface area contributed by atoms with Crippen molar-refractivity contribution in [1.82, 2.24) is 9.80 Å². The molecule has 3 heterocycles. The molecule has 8 nitrogen and oxygen atoms in total. The van der Waals surface area contributed by atoms with Crippen LogP contribution in [-0.2, 0) is 20.8 Å². The number of carbonyl (C=O) groups is 2. The lowest BCUT2D eigenvalue weighted by Crippen LogP contribution is -2.53. The highest BCUT2D eigenvalue weighted by molar-refractivity contribution is 5.74. The Balaban J connectivity index is 1.44. The molecule has 3 aliphatic rings. The molecule has 0 aromatic heterocycles. The second kappa shape index (κ2) is 10.5. The van der Waals surface area contributed by atoms with Crippen LogP contribution in [0.5, 0.6) is 0 Å². The van der Waals surface area contributed by atoms with Gasteiger partial charge in [-0.2, -0.15) is 13.2 Å². The number of rotatable bonds is 5. The molecule has 3 aliphatic heterocycles. The number of nitrogens with zero attached hydrogens (tertiary/aromatic N) is 3. The van der Waals surface area contributed by atoms with Gasteiger partial charge in [0.05, 0.1) is 13.2 Å². The zero-order chi connectivity index (χ0) is 26.1. The van der Waals surface area contributed by atoms with E-state index in [4.69, 9.17) is 4.74 Å². The van der Waals surface area contributed by atoms with Crippen LogP contribution in [0, 0.1) is 6.92 Å². The summed E-state index contributed by atoms with van der Waals surface area (Å²) in [4.78, 5) is 29.7. The molecule has 1 N–H and O–H groups in total. The van der Waals surface area contributed by atoms with Crippen LogP contribution in [-0.4, -0.2) is 90.2 Å². The van der Waals surface area contributed by atoms with Crippen LogP contribution in [0.4, 0.5) is 23.7 Å². The molecule has 2 unspecified atom stereocenters. The van der Waals surface area contributed by atoms with Crippen LogP contribution < -0.4 is 4.90 Å². The van der Waals surface area contributed by atoms with Gasteiger partial charge in [0.15, 0.2) is 12.2 Å². The molecule has 36 heavy (non-hydrogen) atoms. The molecule has 11 heteroatoms. The lowest BCUT2D eigenvalue weighted by Gasteiger charge is -2.45. The van der Waals surface area contributed by atoms with Crippen molar-refractivity contribution < 1.29 is 37.3 Å². The maximum Gasteiger partial charge on any atom is 0.425 e.